The number of H-pyrrole nitrogens is 1. The molecule has 1 atom stereocenters. The number of hydrogen-bond acceptors (Lipinski definition) is 7. The predicted molar refractivity (Wildman–Crippen MR) is 93.5 cm³/mol. The van der Waals surface area contributed by atoms with Crippen LogP contribution in [-0.4, -0.2) is 52.2 Å². The maximum absolute atomic E-state index is 12.3. The molecule has 0 radical (unpaired) electrons. The fraction of sp³-hybridized carbons (Fsp3) is 0.438. The number of nitrogens with zero attached hydrogens (tertiary/aromatic N) is 2. The molecule has 0 bridgehead atoms. The number of hydrogen-bond donors (Lipinski definition) is 2. The minimum Gasteiger partial charge on any atom is -0.457 e. The molecule has 0 aliphatic rings. The van der Waals surface area contributed by atoms with Gasteiger partial charge in [0.2, 0.25) is 0 Å². The van der Waals surface area contributed by atoms with E-state index in [2.05, 4.69) is 16.5 Å². The second-order valence-corrected chi connectivity index (χ2v) is 6.68. The number of esters is 1. The van der Waals surface area contributed by atoms with Gasteiger partial charge >= 0.3 is 5.97 Å². The largest absolute Gasteiger partial charge is 0.457 e. The number of carbonyl (C=O) groups excluding carboxylic acids is 1. The molecule has 130 valence electrons. The van der Waals surface area contributed by atoms with E-state index in [1.54, 1.807) is 13.8 Å². The van der Waals surface area contributed by atoms with Gasteiger partial charge in [0, 0.05) is 6.54 Å². The summed E-state index contributed by atoms with van der Waals surface area (Å²) < 4.78 is 5.04. The molecule has 7 nitrogen and oxygen atoms in total. The van der Waals surface area contributed by atoms with Crippen molar-refractivity contribution in [2.75, 3.05) is 20.2 Å². The number of aliphatic hydroxyl groups is 1. The lowest BCUT2D eigenvalue weighted by molar-refractivity contribution is 0.0555. The van der Waals surface area contributed by atoms with Crippen molar-refractivity contribution in [2.45, 2.75) is 26.5 Å². The van der Waals surface area contributed by atoms with E-state index in [1.807, 2.05) is 11.9 Å². The van der Waals surface area contributed by atoms with Crippen LogP contribution in [0.4, 0.5) is 0 Å². The fourth-order valence-corrected chi connectivity index (χ4v) is 3.52. The molecular weight excluding hydrogens is 330 g/mol. The van der Waals surface area contributed by atoms with Crippen molar-refractivity contribution < 1.29 is 14.6 Å². The van der Waals surface area contributed by atoms with Gasteiger partial charge in [-0.1, -0.05) is 12.7 Å². The van der Waals surface area contributed by atoms with E-state index < -0.39 is 12.1 Å². The van der Waals surface area contributed by atoms with E-state index in [4.69, 9.17) is 4.74 Å². The highest BCUT2D eigenvalue weighted by atomic mass is 32.1. The van der Waals surface area contributed by atoms with Crippen molar-refractivity contribution in [3.63, 3.8) is 0 Å². The van der Waals surface area contributed by atoms with E-state index in [-0.39, 0.29) is 12.2 Å². The number of aryl methyl sites for hydroxylation is 1. The summed E-state index contributed by atoms with van der Waals surface area (Å²) in [6, 6.07) is 0. The molecule has 2 aromatic heterocycles. The smallest absolute Gasteiger partial charge is 0.348 e. The van der Waals surface area contributed by atoms with Gasteiger partial charge in [-0.05, 0) is 26.5 Å². The summed E-state index contributed by atoms with van der Waals surface area (Å²) >= 11 is 1.14. The summed E-state index contributed by atoms with van der Waals surface area (Å²) in [6.07, 6.45) is 1.02. The van der Waals surface area contributed by atoms with Crippen LogP contribution in [0.15, 0.2) is 17.4 Å². The zero-order valence-corrected chi connectivity index (χ0v) is 14.8. The minimum atomic E-state index is -0.484. The number of carbonyl (C=O) groups is 1. The Balaban J connectivity index is 2.35. The van der Waals surface area contributed by atoms with Gasteiger partial charge in [0.15, 0.2) is 0 Å². The maximum atomic E-state index is 12.3. The van der Waals surface area contributed by atoms with Gasteiger partial charge in [0.1, 0.15) is 22.1 Å². The zero-order chi connectivity index (χ0) is 17.9. The molecular formula is C16H21N3O4S. The summed E-state index contributed by atoms with van der Waals surface area (Å²) in [5, 5.41) is 9.82. The number of nitrogens with one attached hydrogen (secondary N) is 1. The van der Waals surface area contributed by atoms with Crippen LogP contribution in [0.5, 0.6) is 0 Å². The maximum Gasteiger partial charge on any atom is 0.348 e. The molecule has 0 saturated heterocycles. The van der Waals surface area contributed by atoms with Crippen LogP contribution in [0.25, 0.3) is 10.2 Å². The number of fused-ring (bicyclic) bond motifs is 1. The molecule has 0 saturated carbocycles. The minimum absolute atomic E-state index is 0.117. The molecule has 2 N–H and O–H groups in total. The molecule has 0 fully saturated rings. The Labute approximate surface area is 143 Å². The lowest BCUT2D eigenvalue weighted by atomic mass is 10.2. The van der Waals surface area contributed by atoms with Crippen molar-refractivity contribution in [1.82, 2.24) is 14.9 Å². The molecule has 0 aromatic carbocycles. The van der Waals surface area contributed by atoms with Crippen LogP contribution >= 0.6 is 11.3 Å². The first-order valence-electron chi connectivity index (χ1n) is 7.50. The van der Waals surface area contributed by atoms with E-state index in [9.17, 15) is 14.7 Å². The lowest BCUT2D eigenvalue weighted by Gasteiger charge is -2.17. The molecule has 8 heteroatoms. The van der Waals surface area contributed by atoms with Gasteiger partial charge < -0.3 is 14.8 Å². The first-order valence-corrected chi connectivity index (χ1v) is 8.32. The average molecular weight is 351 g/mol. The third-order valence-corrected chi connectivity index (χ3v) is 4.53. The first-order chi connectivity index (χ1) is 11.3. The van der Waals surface area contributed by atoms with Crippen molar-refractivity contribution in [1.29, 1.82) is 0 Å². The topological polar surface area (TPSA) is 95.5 Å². The molecule has 2 rings (SSSR count). The summed E-state index contributed by atoms with van der Waals surface area (Å²) in [4.78, 5) is 34.3. The Morgan fingerprint density at radius 3 is 2.92 bits per heavy atom. The lowest BCUT2D eigenvalue weighted by Crippen LogP contribution is -2.28. The summed E-state index contributed by atoms with van der Waals surface area (Å²) in [7, 11) is 1.83. The Morgan fingerprint density at radius 1 is 1.58 bits per heavy atom. The molecule has 0 amide bonds. The van der Waals surface area contributed by atoms with Gasteiger partial charge in [-0.3, -0.25) is 9.69 Å². The van der Waals surface area contributed by atoms with Gasteiger partial charge in [0.25, 0.3) is 5.56 Å². The normalized spacial score (nSPS) is 12.5. The molecule has 0 aliphatic carbocycles. The Bertz CT molecular complexity index is 809. The second kappa shape index (κ2) is 7.69. The Kier molecular flexibility index (Phi) is 5.87. The molecule has 24 heavy (non-hydrogen) atoms. The van der Waals surface area contributed by atoms with E-state index >= 15 is 0 Å². The number of aliphatic hydroxyl groups excluding tert-OH is 1. The first kappa shape index (κ1) is 18.3. The Hall–Kier alpha value is -2.03. The van der Waals surface area contributed by atoms with Crippen LogP contribution in [0.3, 0.4) is 0 Å². The standard InChI is InChI=1S/C16H21N3O4S/c1-5-6-23-16(22)13-10(3)12-14(21)17-11(18-15(12)24-13)8-19(4)7-9(2)20/h5,9,20H,1,6-8H2,2-4H3,(H,17,18,21). The number of likely N-dealkylation sites (N-methyl/N-ethyl adjacent to an activating group) is 1. The van der Waals surface area contributed by atoms with Crippen molar-refractivity contribution in [3.8, 4) is 0 Å². The zero-order valence-electron chi connectivity index (χ0n) is 14.0. The van der Waals surface area contributed by atoms with Gasteiger partial charge in [-0.15, -0.1) is 11.3 Å². The number of aromatic nitrogens is 2. The highest BCUT2D eigenvalue weighted by Gasteiger charge is 2.20. The van der Waals surface area contributed by atoms with Gasteiger partial charge in [-0.25, -0.2) is 9.78 Å². The van der Waals surface area contributed by atoms with Crippen LogP contribution < -0.4 is 5.56 Å². The number of thiophene rings is 1. The van der Waals surface area contributed by atoms with Gasteiger partial charge in [0.05, 0.1) is 18.0 Å². The van der Waals surface area contributed by atoms with Crippen LogP contribution in [0.2, 0.25) is 0 Å². The molecule has 2 aromatic rings. The van der Waals surface area contributed by atoms with E-state index in [0.717, 1.165) is 11.3 Å². The van der Waals surface area contributed by atoms with Crippen LogP contribution in [-0.2, 0) is 11.3 Å². The summed E-state index contributed by atoms with van der Waals surface area (Å²) in [5.74, 6) is 0.00508. The number of ether oxygens (including phenoxy) is 1. The average Bonchev–Trinajstić information content (AvgIpc) is 2.81. The molecule has 1 unspecified atom stereocenters. The summed E-state index contributed by atoms with van der Waals surface area (Å²) in [5.41, 5.74) is 0.290. The Morgan fingerprint density at radius 2 is 2.29 bits per heavy atom. The van der Waals surface area contributed by atoms with Crippen LogP contribution in [0.1, 0.15) is 28.0 Å². The fourth-order valence-electron chi connectivity index (χ4n) is 2.43. The summed E-state index contributed by atoms with van der Waals surface area (Å²) in [6.45, 7) is 7.87. The molecule has 2 heterocycles. The number of rotatable bonds is 7. The van der Waals surface area contributed by atoms with E-state index in [1.165, 1.54) is 6.08 Å². The quantitative estimate of drug-likeness (QED) is 0.579. The highest BCUT2D eigenvalue weighted by Crippen LogP contribution is 2.27. The predicted octanol–water partition coefficient (Wildman–Crippen LogP) is 1.45. The van der Waals surface area contributed by atoms with Crippen molar-refractivity contribution >= 4 is 27.5 Å². The van der Waals surface area contributed by atoms with Crippen molar-refractivity contribution in [2.24, 2.45) is 0 Å². The van der Waals surface area contributed by atoms with Crippen LogP contribution in [0, 0.1) is 6.92 Å². The van der Waals surface area contributed by atoms with Crippen molar-refractivity contribution in [3.05, 3.63) is 39.3 Å². The monoisotopic (exact) mass is 351 g/mol. The third kappa shape index (κ3) is 4.08. The second-order valence-electron chi connectivity index (χ2n) is 5.68. The highest BCUT2D eigenvalue weighted by molar-refractivity contribution is 7.20. The third-order valence-electron chi connectivity index (χ3n) is 3.36. The van der Waals surface area contributed by atoms with Gasteiger partial charge in [-0.2, -0.15) is 0 Å². The molecule has 0 spiro atoms. The SMILES string of the molecule is C=CCOC(=O)c1sc2nc(CN(C)CC(C)O)[nH]c(=O)c2c1C. The molecule has 0 aliphatic heterocycles. The van der Waals surface area contributed by atoms with E-state index in [0.29, 0.717) is 39.6 Å². The number of aromatic amines is 1.